The number of epoxide rings is 1. The zero-order valence-electron chi connectivity index (χ0n) is 9.43. The zero-order valence-corrected chi connectivity index (χ0v) is 9.43. The van der Waals surface area contributed by atoms with Crippen LogP contribution in [0.15, 0.2) is 30.3 Å². The summed E-state index contributed by atoms with van der Waals surface area (Å²) in [5.74, 6) is 0.295. The van der Waals surface area contributed by atoms with E-state index in [1.54, 1.807) is 0 Å². The first-order valence-electron chi connectivity index (χ1n) is 6.19. The van der Waals surface area contributed by atoms with Gasteiger partial charge in [-0.25, -0.2) is 0 Å². The van der Waals surface area contributed by atoms with Crippen molar-refractivity contribution in [1.82, 2.24) is 0 Å². The quantitative estimate of drug-likeness (QED) is 0.774. The van der Waals surface area contributed by atoms with Gasteiger partial charge in [0.25, 0.3) is 0 Å². The Balaban J connectivity index is 1.81. The average Bonchev–Trinajstić information content (AvgIpc) is 3.10. The van der Waals surface area contributed by atoms with Crippen molar-refractivity contribution < 1.29 is 9.84 Å². The van der Waals surface area contributed by atoms with Gasteiger partial charge in [-0.15, -0.1) is 0 Å². The van der Waals surface area contributed by atoms with Gasteiger partial charge in [0.1, 0.15) is 0 Å². The summed E-state index contributed by atoms with van der Waals surface area (Å²) in [6, 6.07) is 9.98. The van der Waals surface area contributed by atoms with E-state index in [1.807, 2.05) is 30.3 Å². The fourth-order valence-corrected chi connectivity index (χ4v) is 3.02. The molecule has 3 rings (SSSR count). The molecule has 2 fully saturated rings. The smallest absolute Gasteiger partial charge is 0.0972 e. The lowest BCUT2D eigenvalue weighted by Gasteiger charge is -2.32. The summed E-state index contributed by atoms with van der Waals surface area (Å²) in [6.45, 7) is 0.849. The lowest BCUT2D eigenvalue weighted by molar-refractivity contribution is 0.0266. The van der Waals surface area contributed by atoms with E-state index >= 15 is 0 Å². The van der Waals surface area contributed by atoms with Gasteiger partial charge in [0.2, 0.25) is 0 Å². The van der Waals surface area contributed by atoms with Crippen LogP contribution < -0.4 is 0 Å². The molecule has 1 aromatic rings. The molecule has 2 nitrogen and oxygen atoms in total. The molecular formula is C14H18O2. The molecule has 0 radical (unpaired) electrons. The topological polar surface area (TPSA) is 32.8 Å². The Morgan fingerprint density at radius 1 is 1.25 bits per heavy atom. The standard InChI is InChI=1S/C14H18O2/c15-13(11-6-2-1-3-7-11)12-8-4-5-9-14(12)10-16-14/h1-3,6-7,12-13,15H,4-5,8-10H2/t12-,13+,14-/m0/s1. The van der Waals surface area contributed by atoms with Crippen molar-refractivity contribution in [3.8, 4) is 0 Å². The fourth-order valence-electron chi connectivity index (χ4n) is 3.02. The predicted octanol–water partition coefficient (Wildman–Crippen LogP) is 2.68. The van der Waals surface area contributed by atoms with E-state index in [1.165, 1.54) is 12.8 Å². The van der Waals surface area contributed by atoms with Crippen LogP contribution in [0.2, 0.25) is 0 Å². The van der Waals surface area contributed by atoms with E-state index < -0.39 is 0 Å². The third-order valence-electron chi connectivity index (χ3n) is 4.08. The summed E-state index contributed by atoms with van der Waals surface area (Å²) in [6.07, 6.45) is 4.33. The molecule has 2 aliphatic rings. The summed E-state index contributed by atoms with van der Waals surface area (Å²) in [7, 11) is 0. The molecule has 3 atom stereocenters. The van der Waals surface area contributed by atoms with Crippen LogP contribution >= 0.6 is 0 Å². The SMILES string of the molecule is O[C@H](c1ccccc1)[C@@H]1CCCC[C@]12CO2. The number of rotatable bonds is 2. The molecular weight excluding hydrogens is 200 g/mol. The Morgan fingerprint density at radius 3 is 2.69 bits per heavy atom. The van der Waals surface area contributed by atoms with Crippen molar-refractivity contribution >= 4 is 0 Å². The maximum Gasteiger partial charge on any atom is 0.0972 e. The average molecular weight is 218 g/mol. The molecule has 1 N–H and O–H groups in total. The summed E-state index contributed by atoms with van der Waals surface area (Å²) in [5, 5.41) is 10.4. The van der Waals surface area contributed by atoms with Crippen LogP contribution in [-0.4, -0.2) is 17.3 Å². The third-order valence-corrected chi connectivity index (χ3v) is 4.08. The highest BCUT2D eigenvalue weighted by molar-refractivity contribution is 5.20. The molecule has 1 saturated carbocycles. The van der Waals surface area contributed by atoms with E-state index in [2.05, 4.69) is 0 Å². The summed E-state index contributed by atoms with van der Waals surface area (Å²) >= 11 is 0. The highest BCUT2D eigenvalue weighted by Gasteiger charge is 2.54. The van der Waals surface area contributed by atoms with Crippen LogP contribution in [0.1, 0.15) is 37.4 Å². The summed E-state index contributed by atoms with van der Waals surface area (Å²) in [4.78, 5) is 0. The Morgan fingerprint density at radius 2 is 2.00 bits per heavy atom. The second kappa shape index (κ2) is 3.86. The molecule has 0 aromatic heterocycles. The van der Waals surface area contributed by atoms with Crippen LogP contribution in [-0.2, 0) is 4.74 Å². The summed E-state index contributed by atoms with van der Waals surface area (Å²) in [5.41, 5.74) is 1.05. The second-order valence-corrected chi connectivity index (χ2v) is 5.06. The van der Waals surface area contributed by atoms with Crippen molar-refractivity contribution in [2.24, 2.45) is 5.92 Å². The van der Waals surface area contributed by atoms with Crippen molar-refractivity contribution in [1.29, 1.82) is 0 Å². The number of benzene rings is 1. The highest BCUT2D eigenvalue weighted by Crippen LogP contribution is 2.50. The van der Waals surface area contributed by atoms with Gasteiger partial charge in [0.05, 0.1) is 18.3 Å². The van der Waals surface area contributed by atoms with Crippen LogP contribution in [0.5, 0.6) is 0 Å². The monoisotopic (exact) mass is 218 g/mol. The maximum absolute atomic E-state index is 10.4. The molecule has 1 heterocycles. The number of aliphatic hydroxyl groups is 1. The van der Waals surface area contributed by atoms with Gasteiger partial charge < -0.3 is 9.84 Å². The van der Waals surface area contributed by atoms with Crippen LogP contribution in [0.3, 0.4) is 0 Å². The molecule has 0 unspecified atom stereocenters. The van der Waals surface area contributed by atoms with Crippen molar-refractivity contribution in [2.45, 2.75) is 37.4 Å². The first kappa shape index (κ1) is 10.3. The van der Waals surface area contributed by atoms with Gasteiger partial charge in [-0.1, -0.05) is 43.2 Å². The van der Waals surface area contributed by atoms with Gasteiger partial charge in [0.15, 0.2) is 0 Å². The zero-order chi connectivity index (χ0) is 11.0. The van der Waals surface area contributed by atoms with Gasteiger partial charge in [-0.2, -0.15) is 0 Å². The van der Waals surface area contributed by atoms with E-state index in [9.17, 15) is 5.11 Å². The Hall–Kier alpha value is -0.860. The van der Waals surface area contributed by atoms with E-state index in [0.717, 1.165) is 25.0 Å². The van der Waals surface area contributed by atoms with Gasteiger partial charge in [-0.3, -0.25) is 0 Å². The van der Waals surface area contributed by atoms with Crippen LogP contribution in [0.25, 0.3) is 0 Å². The van der Waals surface area contributed by atoms with E-state index in [0.29, 0.717) is 5.92 Å². The highest BCUT2D eigenvalue weighted by atomic mass is 16.6. The molecule has 2 heteroatoms. The number of ether oxygens (including phenoxy) is 1. The first-order chi connectivity index (χ1) is 7.82. The third kappa shape index (κ3) is 1.66. The normalized spacial score (nSPS) is 34.9. The molecule has 86 valence electrons. The lowest BCUT2D eigenvalue weighted by Crippen LogP contribution is -2.33. The molecule has 1 spiro atoms. The number of hydrogen-bond acceptors (Lipinski definition) is 2. The largest absolute Gasteiger partial charge is 0.388 e. The Kier molecular flexibility index (Phi) is 2.49. The van der Waals surface area contributed by atoms with E-state index in [-0.39, 0.29) is 11.7 Å². The van der Waals surface area contributed by atoms with Crippen molar-refractivity contribution in [2.75, 3.05) is 6.61 Å². The lowest BCUT2D eigenvalue weighted by atomic mass is 9.74. The Labute approximate surface area is 96.2 Å². The molecule has 1 saturated heterocycles. The fraction of sp³-hybridized carbons (Fsp3) is 0.571. The predicted molar refractivity (Wildman–Crippen MR) is 62.0 cm³/mol. The Bertz CT molecular complexity index is 356. The number of hydrogen-bond donors (Lipinski definition) is 1. The van der Waals surface area contributed by atoms with Gasteiger partial charge >= 0.3 is 0 Å². The van der Waals surface area contributed by atoms with Crippen molar-refractivity contribution in [3.05, 3.63) is 35.9 Å². The minimum atomic E-state index is -0.357. The molecule has 1 aliphatic heterocycles. The molecule has 1 aliphatic carbocycles. The summed E-state index contributed by atoms with van der Waals surface area (Å²) < 4.78 is 5.63. The molecule has 1 aromatic carbocycles. The van der Waals surface area contributed by atoms with E-state index in [4.69, 9.17) is 4.74 Å². The minimum absolute atomic E-state index is 0.0213. The van der Waals surface area contributed by atoms with Gasteiger partial charge in [0, 0.05) is 5.92 Å². The maximum atomic E-state index is 10.4. The molecule has 0 bridgehead atoms. The second-order valence-electron chi connectivity index (χ2n) is 5.06. The van der Waals surface area contributed by atoms with Crippen LogP contribution in [0, 0.1) is 5.92 Å². The van der Waals surface area contributed by atoms with Gasteiger partial charge in [-0.05, 0) is 18.4 Å². The van der Waals surface area contributed by atoms with Crippen molar-refractivity contribution in [3.63, 3.8) is 0 Å². The first-order valence-corrected chi connectivity index (χ1v) is 6.19. The minimum Gasteiger partial charge on any atom is -0.388 e. The molecule has 16 heavy (non-hydrogen) atoms. The molecule has 0 amide bonds. The number of aliphatic hydroxyl groups excluding tert-OH is 1. The van der Waals surface area contributed by atoms with Crippen LogP contribution in [0.4, 0.5) is 0 Å².